The van der Waals surface area contributed by atoms with E-state index in [9.17, 15) is 18.0 Å². The van der Waals surface area contributed by atoms with Gasteiger partial charge in [0, 0.05) is 32.2 Å². The molecule has 0 aliphatic carbocycles. The molecule has 1 N–H and O–H groups in total. The second-order valence-electron chi connectivity index (χ2n) is 6.57. The van der Waals surface area contributed by atoms with Gasteiger partial charge in [0.05, 0.1) is 23.5 Å². The minimum atomic E-state index is -3.03. The van der Waals surface area contributed by atoms with Crippen molar-refractivity contribution in [2.75, 3.05) is 31.2 Å². The molecular formula is C15H26N2O5S. The Balaban J connectivity index is 1.75. The summed E-state index contributed by atoms with van der Waals surface area (Å²) in [5.74, 6) is -0.466. The first-order valence-electron chi connectivity index (χ1n) is 8.17. The van der Waals surface area contributed by atoms with E-state index in [0.717, 1.165) is 6.42 Å². The molecule has 2 amide bonds. The van der Waals surface area contributed by atoms with Crippen molar-refractivity contribution >= 4 is 21.7 Å². The number of hydrogen-bond donors (Lipinski definition) is 1. The first-order chi connectivity index (χ1) is 10.8. The summed E-state index contributed by atoms with van der Waals surface area (Å²) in [7, 11) is -3.03. The van der Waals surface area contributed by atoms with Gasteiger partial charge in [-0.3, -0.25) is 9.59 Å². The van der Waals surface area contributed by atoms with E-state index < -0.39 is 9.84 Å². The summed E-state index contributed by atoms with van der Waals surface area (Å²) in [5, 5.41) is 2.83. The second-order valence-corrected chi connectivity index (χ2v) is 8.80. The molecule has 0 bridgehead atoms. The lowest BCUT2D eigenvalue weighted by atomic mass is 10.1. The van der Waals surface area contributed by atoms with E-state index in [1.807, 2.05) is 13.8 Å². The quantitative estimate of drug-likeness (QED) is 0.653. The van der Waals surface area contributed by atoms with Gasteiger partial charge in [0.25, 0.3) is 0 Å². The third kappa shape index (κ3) is 5.17. The van der Waals surface area contributed by atoms with Gasteiger partial charge in [-0.05, 0) is 26.7 Å². The van der Waals surface area contributed by atoms with Crippen molar-refractivity contribution in [2.24, 2.45) is 5.92 Å². The van der Waals surface area contributed by atoms with Crippen molar-refractivity contribution in [3.05, 3.63) is 0 Å². The molecule has 0 spiro atoms. The summed E-state index contributed by atoms with van der Waals surface area (Å²) >= 11 is 0. The average Bonchev–Trinajstić information content (AvgIpc) is 3.00. The number of nitrogens with one attached hydrogen (secondary N) is 1. The van der Waals surface area contributed by atoms with Gasteiger partial charge in [0.15, 0.2) is 9.84 Å². The zero-order valence-corrected chi connectivity index (χ0v) is 14.6. The molecule has 2 fully saturated rings. The molecule has 2 rings (SSSR count). The number of hydrogen-bond acceptors (Lipinski definition) is 5. The summed E-state index contributed by atoms with van der Waals surface area (Å²) < 4.78 is 28.5. The molecule has 23 heavy (non-hydrogen) atoms. The highest BCUT2D eigenvalue weighted by Crippen LogP contribution is 2.26. The van der Waals surface area contributed by atoms with Crippen molar-refractivity contribution in [1.29, 1.82) is 0 Å². The summed E-state index contributed by atoms with van der Waals surface area (Å²) in [6, 6.07) is -0.259. The lowest BCUT2D eigenvalue weighted by molar-refractivity contribution is -0.130. The van der Waals surface area contributed by atoms with Gasteiger partial charge in [-0.1, -0.05) is 0 Å². The number of ether oxygens (including phenoxy) is 1. The van der Waals surface area contributed by atoms with E-state index in [-0.39, 0.29) is 47.8 Å². The molecule has 2 saturated heterocycles. The Morgan fingerprint density at radius 2 is 2.17 bits per heavy atom. The highest BCUT2D eigenvalue weighted by atomic mass is 32.2. The second kappa shape index (κ2) is 7.61. The molecule has 7 nitrogen and oxygen atoms in total. The van der Waals surface area contributed by atoms with Crippen molar-refractivity contribution in [1.82, 2.24) is 10.2 Å². The number of likely N-dealkylation sites (tertiary alicyclic amines) is 1. The van der Waals surface area contributed by atoms with Crippen LogP contribution in [0.15, 0.2) is 0 Å². The minimum Gasteiger partial charge on any atom is -0.379 e. The molecule has 2 heterocycles. The summed E-state index contributed by atoms with van der Waals surface area (Å²) in [6.45, 7) is 5.36. The van der Waals surface area contributed by atoms with E-state index in [1.54, 1.807) is 4.90 Å². The molecule has 2 atom stereocenters. The Hall–Kier alpha value is -1.15. The predicted molar refractivity (Wildman–Crippen MR) is 85.6 cm³/mol. The Bertz CT molecular complexity index is 546. The van der Waals surface area contributed by atoms with E-state index in [2.05, 4.69) is 5.32 Å². The number of carbonyl (C=O) groups is 2. The molecule has 0 aromatic carbocycles. The molecule has 0 aromatic heterocycles. The number of carbonyl (C=O) groups excluding carboxylic acids is 2. The van der Waals surface area contributed by atoms with Crippen molar-refractivity contribution < 1.29 is 22.7 Å². The first kappa shape index (κ1) is 18.2. The molecular weight excluding hydrogens is 320 g/mol. The smallest absolute Gasteiger partial charge is 0.225 e. The Morgan fingerprint density at radius 3 is 2.78 bits per heavy atom. The Kier molecular flexibility index (Phi) is 6.02. The van der Waals surface area contributed by atoms with Crippen LogP contribution in [0.1, 0.15) is 33.1 Å². The number of nitrogens with zero attached hydrogens (tertiary/aromatic N) is 1. The van der Waals surface area contributed by atoms with Crippen LogP contribution in [-0.4, -0.2) is 68.5 Å². The Labute approximate surface area is 137 Å². The van der Waals surface area contributed by atoms with Gasteiger partial charge in [-0.15, -0.1) is 0 Å². The maximum Gasteiger partial charge on any atom is 0.225 e. The van der Waals surface area contributed by atoms with Crippen molar-refractivity contribution in [3.63, 3.8) is 0 Å². The third-order valence-corrected chi connectivity index (χ3v) is 6.00. The fourth-order valence-electron chi connectivity index (χ4n) is 3.03. The zero-order valence-electron chi connectivity index (χ0n) is 13.8. The van der Waals surface area contributed by atoms with E-state index >= 15 is 0 Å². The van der Waals surface area contributed by atoms with Crippen molar-refractivity contribution in [2.45, 2.75) is 45.3 Å². The van der Waals surface area contributed by atoms with Crippen LogP contribution in [0.3, 0.4) is 0 Å². The Morgan fingerprint density at radius 1 is 1.43 bits per heavy atom. The number of rotatable bonds is 7. The molecule has 0 radical (unpaired) electrons. The highest BCUT2D eigenvalue weighted by molar-refractivity contribution is 7.91. The average molecular weight is 346 g/mol. The fourth-order valence-corrected chi connectivity index (χ4v) is 4.76. The largest absolute Gasteiger partial charge is 0.379 e. The van der Waals surface area contributed by atoms with Crippen LogP contribution in [0.5, 0.6) is 0 Å². The van der Waals surface area contributed by atoms with Crippen molar-refractivity contribution in [3.8, 4) is 0 Å². The van der Waals surface area contributed by atoms with Gasteiger partial charge >= 0.3 is 0 Å². The molecule has 8 heteroatoms. The highest BCUT2D eigenvalue weighted by Gasteiger charge is 2.41. The van der Waals surface area contributed by atoms with Gasteiger partial charge in [-0.2, -0.15) is 0 Å². The van der Waals surface area contributed by atoms with E-state index in [4.69, 9.17) is 4.74 Å². The lowest BCUT2D eigenvalue weighted by Crippen LogP contribution is -2.39. The zero-order chi connectivity index (χ0) is 17.0. The fraction of sp³-hybridized carbons (Fsp3) is 0.867. The predicted octanol–water partition coefficient (Wildman–Crippen LogP) is -0.0467. The molecule has 132 valence electrons. The maximum atomic E-state index is 12.1. The van der Waals surface area contributed by atoms with Crippen LogP contribution in [0.4, 0.5) is 0 Å². The molecule has 2 aliphatic rings. The normalized spacial score (nSPS) is 26.9. The summed E-state index contributed by atoms with van der Waals surface area (Å²) in [5.41, 5.74) is 0. The third-order valence-electron chi connectivity index (χ3n) is 4.25. The van der Waals surface area contributed by atoms with Crippen LogP contribution in [0, 0.1) is 5.92 Å². The van der Waals surface area contributed by atoms with Gasteiger partial charge in [-0.25, -0.2) is 8.42 Å². The van der Waals surface area contributed by atoms with Gasteiger partial charge in [0.2, 0.25) is 11.8 Å². The maximum absolute atomic E-state index is 12.1. The lowest BCUT2D eigenvalue weighted by Gasteiger charge is -2.22. The van der Waals surface area contributed by atoms with Crippen LogP contribution in [0.25, 0.3) is 0 Å². The number of amides is 2. The van der Waals surface area contributed by atoms with Gasteiger partial charge in [0.1, 0.15) is 0 Å². The van der Waals surface area contributed by atoms with E-state index in [1.165, 1.54) is 0 Å². The molecule has 0 saturated carbocycles. The molecule has 2 aliphatic heterocycles. The monoisotopic (exact) mass is 346 g/mol. The standard InChI is InChI=1S/C15H26N2O5S/c1-11(2)22-6-3-5-16-15(19)12-8-14(18)17(9-12)13-4-7-23(20,21)10-13/h11-13H,3-10H2,1-2H3,(H,16,19)/t12-,13+/m1/s1. The number of sulfone groups is 1. The van der Waals surface area contributed by atoms with Crippen LogP contribution >= 0.6 is 0 Å². The van der Waals surface area contributed by atoms with Crippen LogP contribution in [-0.2, 0) is 24.2 Å². The summed E-state index contributed by atoms with van der Waals surface area (Å²) in [6.07, 6.45) is 1.56. The van der Waals surface area contributed by atoms with Crippen LogP contribution in [0.2, 0.25) is 0 Å². The topological polar surface area (TPSA) is 92.8 Å². The SMILES string of the molecule is CC(C)OCCCNC(=O)[C@@H]1CC(=O)N([C@H]2CCS(=O)(=O)C2)C1. The summed E-state index contributed by atoms with van der Waals surface area (Å²) in [4.78, 5) is 25.8. The molecule has 0 aromatic rings. The van der Waals surface area contributed by atoms with Gasteiger partial charge < -0.3 is 15.0 Å². The minimum absolute atomic E-state index is 0.0274. The first-order valence-corrected chi connectivity index (χ1v) is 10.00. The van der Waals surface area contributed by atoms with E-state index in [0.29, 0.717) is 26.1 Å². The van der Waals surface area contributed by atoms with Crippen LogP contribution < -0.4 is 5.32 Å². The molecule has 0 unspecified atom stereocenters.